The van der Waals surface area contributed by atoms with Crippen LogP contribution in [0.2, 0.25) is 0 Å². The average molecular weight is 388 g/mol. The summed E-state index contributed by atoms with van der Waals surface area (Å²) >= 11 is 1.18. The Morgan fingerprint density at radius 1 is 1.00 bits per heavy atom. The molecule has 1 amide bonds. The molecule has 1 fully saturated rings. The van der Waals surface area contributed by atoms with Crippen LogP contribution in [0.5, 0.6) is 5.75 Å². The molecule has 3 rings (SSSR count). The van der Waals surface area contributed by atoms with Crippen LogP contribution >= 0.6 is 11.3 Å². The minimum Gasteiger partial charge on any atom is -0.494 e. The predicted octanol–water partition coefficient (Wildman–Crippen LogP) is 2.89. The number of benzene rings is 1. The van der Waals surface area contributed by atoms with Crippen molar-refractivity contribution in [3.8, 4) is 5.75 Å². The van der Waals surface area contributed by atoms with Gasteiger partial charge in [0.05, 0.1) is 18.6 Å². The third-order valence-corrected chi connectivity index (χ3v) is 5.56. The zero-order valence-corrected chi connectivity index (χ0v) is 16.5. The van der Waals surface area contributed by atoms with Gasteiger partial charge in [0.1, 0.15) is 10.6 Å². The van der Waals surface area contributed by atoms with Gasteiger partial charge in [0.15, 0.2) is 0 Å². The van der Waals surface area contributed by atoms with Crippen molar-refractivity contribution in [2.75, 3.05) is 39.9 Å². The van der Waals surface area contributed by atoms with Crippen LogP contribution in [-0.4, -0.2) is 61.6 Å². The van der Waals surface area contributed by atoms with E-state index in [0.717, 1.165) is 25.4 Å². The third-order valence-electron chi connectivity index (χ3n) is 4.50. The summed E-state index contributed by atoms with van der Waals surface area (Å²) in [5.74, 6) is 0.467. The van der Waals surface area contributed by atoms with E-state index in [1.165, 1.54) is 24.0 Å². The highest BCUT2D eigenvalue weighted by Crippen LogP contribution is 2.20. The lowest BCUT2D eigenvalue weighted by Gasteiger charge is -2.34. The molecule has 2 aromatic rings. The molecule has 1 aromatic heterocycles. The summed E-state index contributed by atoms with van der Waals surface area (Å²) < 4.78 is 10.2. The van der Waals surface area contributed by atoms with Crippen molar-refractivity contribution in [2.24, 2.45) is 0 Å². The van der Waals surface area contributed by atoms with Gasteiger partial charge in [0, 0.05) is 32.7 Å². The number of methoxy groups -OCH3 is 1. The first kappa shape index (κ1) is 19.4. The molecule has 0 radical (unpaired) electrons. The molecule has 1 saturated heterocycles. The Bertz CT molecular complexity index is 780. The monoisotopic (exact) mass is 388 g/mol. The van der Waals surface area contributed by atoms with Gasteiger partial charge in [-0.05, 0) is 36.8 Å². The zero-order chi connectivity index (χ0) is 19.2. The third kappa shape index (κ3) is 4.87. The normalized spacial score (nSPS) is 14.8. The summed E-state index contributed by atoms with van der Waals surface area (Å²) in [6, 6.07) is 11.5. The fourth-order valence-electron chi connectivity index (χ4n) is 3.04. The van der Waals surface area contributed by atoms with Crippen LogP contribution in [0.15, 0.2) is 36.4 Å². The maximum atomic E-state index is 12.6. The number of piperazine rings is 1. The Morgan fingerprint density at radius 3 is 2.30 bits per heavy atom. The van der Waals surface area contributed by atoms with E-state index in [2.05, 4.69) is 17.0 Å². The minimum absolute atomic E-state index is 0.0177. The zero-order valence-electron chi connectivity index (χ0n) is 15.6. The lowest BCUT2D eigenvalue weighted by Crippen LogP contribution is -2.48. The molecule has 1 aliphatic heterocycles. The van der Waals surface area contributed by atoms with Crippen LogP contribution in [0.3, 0.4) is 0 Å². The van der Waals surface area contributed by atoms with Gasteiger partial charge in [-0.1, -0.05) is 12.1 Å². The summed E-state index contributed by atoms with van der Waals surface area (Å²) in [6.45, 7) is 6.52. The molecule has 0 bridgehead atoms. The standard InChI is InChI=1S/C20H24N2O4S/c1-3-26-16-6-4-15(5-7-16)14-21-10-12-22(13-11-21)19(23)17-8-9-18(27-17)20(24)25-2/h4-9H,3,10-14H2,1-2H3. The second kappa shape index (κ2) is 9.01. The first-order chi connectivity index (χ1) is 13.1. The van der Waals surface area contributed by atoms with Crippen LogP contribution < -0.4 is 4.74 Å². The van der Waals surface area contributed by atoms with Gasteiger partial charge in [-0.25, -0.2) is 4.79 Å². The summed E-state index contributed by atoms with van der Waals surface area (Å²) in [5, 5.41) is 0. The number of hydrogen-bond donors (Lipinski definition) is 0. The lowest BCUT2D eigenvalue weighted by molar-refractivity contribution is 0.0605. The molecule has 6 nitrogen and oxygen atoms in total. The van der Waals surface area contributed by atoms with Crippen molar-refractivity contribution in [1.29, 1.82) is 0 Å². The van der Waals surface area contributed by atoms with Crippen LogP contribution in [0, 0.1) is 0 Å². The van der Waals surface area contributed by atoms with Gasteiger partial charge >= 0.3 is 5.97 Å². The van der Waals surface area contributed by atoms with Crippen molar-refractivity contribution < 1.29 is 19.1 Å². The average Bonchev–Trinajstić information content (AvgIpc) is 3.19. The molecule has 1 aromatic carbocycles. The van der Waals surface area contributed by atoms with Gasteiger partial charge in [0.25, 0.3) is 5.91 Å². The van der Waals surface area contributed by atoms with Gasteiger partial charge in [-0.15, -0.1) is 11.3 Å². The van der Waals surface area contributed by atoms with Crippen LogP contribution in [0.4, 0.5) is 0 Å². The summed E-state index contributed by atoms with van der Waals surface area (Å²) in [6.07, 6.45) is 0. The molecule has 0 aliphatic carbocycles. The van der Waals surface area contributed by atoms with E-state index >= 15 is 0 Å². The van der Waals surface area contributed by atoms with Crippen LogP contribution in [0.25, 0.3) is 0 Å². The Balaban J connectivity index is 1.51. The fourth-order valence-corrected chi connectivity index (χ4v) is 3.94. The SMILES string of the molecule is CCOc1ccc(CN2CCN(C(=O)c3ccc(C(=O)OC)s3)CC2)cc1. The Labute approximate surface area is 163 Å². The predicted molar refractivity (Wildman–Crippen MR) is 104 cm³/mol. The van der Waals surface area contributed by atoms with Crippen molar-refractivity contribution in [3.63, 3.8) is 0 Å². The molecular formula is C20H24N2O4S. The van der Waals surface area contributed by atoms with Gasteiger partial charge < -0.3 is 14.4 Å². The number of ether oxygens (including phenoxy) is 2. The molecule has 0 N–H and O–H groups in total. The summed E-state index contributed by atoms with van der Waals surface area (Å²) in [7, 11) is 1.34. The van der Waals surface area contributed by atoms with Crippen molar-refractivity contribution in [3.05, 3.63) is 51.7 Å². The van der Waals surface area contributed by atoms with Gasteiger partial charge in [-0.2, -0.15) is 0 Å². The highest BCUT2D eigenvalue weighted by Gasteiger charge is 2.24. The molecule has 0 atom stereocenters. The van der Waals surface area contributed by atoms with Crippen LogP contribution in [-0.2, 0) is 11.3 Å². The topological polar surface area (TPSA) is 59.1 Å². The highest BCUT2D eigenvalue weighted by molar-refractivity contribution is 7.15. The van der Waals surface area contributed by atoms with Gasteiger partial charge in [0.2, 0.25) is 0 Å². The van der Waals surface area contributed by atoms with E-state index in [0.29, 0.717) is 29.5 Å². The smallest absolute Gasteiger partial charge is 0.348 e. The number of thiophene rings is 1. The molecule has 7 heteroatoms. The Hall–Kier alpha value is -2.38. The number of carbonyl (C=O) groups is 2. The van der Waals surface area contributed by atoms with E-state index in [1.54, 1.807) is 12.1 Å². The number of amides is 1. The van der Waals surface area contributed by atoms with E-state index in [1.807, 2.05) is 24.0 Å². The number of nitrogens with zero attached hydrogens (tertiary/aromatic N) is 2. The molecule has 1 aliphatic rings. The van der Waals surface area contributed by atoms with Crippen LogP contribution in [0.1, 0.15) is 31.8 Å². The fraction of sp³-hybridized carbons (Fsp3) is 0.400. The number of hydrogen-bond acceptors (Lipinski definition) is 6. The number of esters is 1. The highest BCUT2D eigenvalue weighted by atomic mass is 32.1. The molecule has 2 heterocycles. The summed E-state index contributed by atoms with van der Waals surface area (Å²) in [4.78, 5) is 29.4. The molecule has 0 unspecified atom stereocenters. The largest absolute Gasteiger partial charge is 0.494 e. The van der Waals surface area contributed by atoms with Crippen molar-refractivity contribution in [2.45, 2.75) is 13.5 Å². The van der Waals surface area contributed by atoms with E-state index in [4.69, 9.17) is 9.47 Å². The molecule has 0 spiro atoms. The first-order valence-corrected chi connectivity index (χ1v) is 9.84. The Morgan fingerprint density at radius 2 is 1.67 bits per heavy atom. The molecule has 0 saturated carbocycles. The van der Waals surface area contributed by atoms with E-state index in [9.17, 15) is 9.59 Å². The Kier molecular flexibility index (Phi) is 6.47. The number of carbonyl (C=O) groups excluding carboxylic acids is 2. The molecule has 27 heavy (non-hydrogen) atoms. The molecular weight excluding hydrogens is 364 g/mol. The minimum atomic E-state index is -0.403. The van der Waals surface area contributed by atoms with E-state index < -0.39 is 5.97 Å². The second-order valence-corrected chi connectivity index (χ2v) is 7.38. The maximum absolute atomic E-state index is 12.6. The lowest BCUT2D eigenvalue weighted by atomic mass is 10.2. The summed E-state index contributed by atoms with van der Waals surface area (Å²) in [5.41, 5.74) is 1.24. The molecule has 144 valence electrons. The number of rotatable bonds is 6. The first-order valence-electron chi connectivity index (χ1n) is 9.02. The van der Waals surface area contributed by atoms with Gasteiger partial charge in [-0.3, -0.25) is 9.69 Å². The maximum Gasteiger partial charge on any atom is 0.348 e. The van der Waals surface area contributed by atoms with Crippen molar-refractivity contribution in [1.82, 2.24) is 9.80 Å². The quantitative estimate of drug-likeness (QED) is 0.712. The van der Waals surface area contributed by atoms with Crippen molar-refractivity contribution >= 4 is 23.2 Å². The second-order valence-electron chi connectivity index (χ2n) is 6.30. The van der Waals surface area contributed by atoms with E-state index in [-0.39, 0.29) is 5.91 Å².